The van der Waals surface area contributed by atoms with Crippen LogP contribution in [0.4, 0.5) is 5.69 Å². The Morgan fingerprint density at radius 1 is 1.12 bits per heavy atom. The SMILES string of the molecule is CCOC(=O)c1ccc(-n2c(C)cc(/C=C(\C#N)C(=O)Nc3ccc(Cl)c(C)c3)c2C)cc1. The van der Waals surface area contributed by atoms with E-state index in [1.54, 1.807) is 43.3 Å². The van der Waals surface area contributed by atoms with Gasteiger partial charge < -0.3 is 14.6 Å². The van der Waals surface area contributed by atoms with Crippen molar-refractivity contribution in [3.8, 4) is 11.8 Å². The van der Waals surface area contributed by atoms with E-state index in [4.69, 9.17) is 16.3 Å². The first-order valence-corrected chi connectivity index (χ1v) is 10.8. The fourth-order valence-corrected chi connectivity index (χ4v) is 3.63. The van der Waals surface area contributed by atoms with Crippen LogP contribution < -0.4 is 5.32 Å². The highest BCUT2D eigenvalue weighted by Crippen LogP contribution is 2.24. The molecule has 6 nitrogen and oxygen atoms in total. The van der Waals surface area contributed by atoms with Crippen molar-refractivity contribution in [1.82, 2.24) is 4.57 Å². The van der Waals surface area contributed by atoms with Crippen LogP contribution in [0.15, 0.2) is 54.1 Å². The molecule has 3 rings (SSSR count). The number of aryl methyl sites for hydroxylation is 2. The first-order chi connectivity index (χ1) is 15.7. The van der Waals surface area contributed by atoms with Crippen LogP contribution in [0.2, 0.25) is 5.02 Å². The highest BCUT2D eigenvalue weighted by atomic mass is 35.5. The molecular formula is C26H24ClN3O3. The van der Waals surface area contributed by atoms with Gasteiger partial charge in [0.25, 0.3) is 5.91 Å². The number of carbonyl (C=O) groups is 2. The maximum atomic E-state index is 12.7. The fraction of sp³-hybridized carbons (Fsp3) is 0.192. The average molecular weight is 462 g/mol. The number of amides is 1. The van der Waals surface area contributed by atoms with Crippen LogP contribution in [0.3, 0.4) is 0 Å². The predicted molar refractivity (Wildman–Crippen MR) is 130 cm³/mol. The van der Waals surface area contributed by atoms with Crippen LogP contribution in [0.1, 0.15) is 39.8 Å². The summed E-state index contributed by atoms with van der Waals surface area (Å²) in [5.41, 5.74) is 5.25. The molecule has 3 aromatic rings. The summed E-state index contributed by atoms with van der Waals surface area (Å²) < 4.78 is 7.03. The van der Waals surface area contributed by atoms with E-state index in [2.05, 4.69) is 5.32 Å². The van der Waals surface area contributed by atoms with E-state index < -0.39 is 5.91 Å². The number of benzene rings is 2. The zero-order valence-corrected chi connectivity index (χ0v) is 19.7. The van der Waals surface area contributed by atoms with Gasteiger partial charge in [0.2, 0.25) is 0 Å². The predicted octanol–water partition coefficient (Wildman–Crippen LogP) is 5.78. The van der Waals surface area contributed by atoms with Crippen molar-refractivity contribution in [3.63, 3.8) is 0 Å². The Morgan fingerprint density at radius 2 is 1.82 bits per heavy atom. The quantitative estimate of drug-likeness (QED) is 0.286. The maximum absolute atomic E-state index is 12.7. The van der Waals surface area contributed by atoms with Crippen LogP contribution >= 0.6 is 11.6 Å². The molecule has 0 bridgehead atoms. The molecule has 7 heteroatoms. The third-order valence-corrected chi connectivity index (χ3v) is 5.61. The summed E-state index contributed by atoms with van der Waals surface area (Å²) in [4.78, 5) is 24.6. The number of ether oxygens (including phenoxy) is 1. The molecule has 0 radical (unpaired) electrons. The van der Waals surface area contributed by atoms with Crippen LogP contribution in [0, 0.1) is 32.1 Å². The van der Waals surface area contributed by atoms with Crippen molar-refractivity contribution in [2.75, 3.05) is 11.9 Å². The van der Waals surface area contributed by atoms with Crippen molar-refractivity contribution in [3.05, 3.63) is 87.2 Å². The topological polar surface area (TPSA) is 84.1 Å². The highest BCUT2D eigenvalue weighted by molar-refractivity contribution is 6.31. The van der Waals surface area contributed by atoms with Gasteiger partial charge >= 0.3 is 5.97 Å². The van der Waals surface area contributed by atoms with Gasteiger partial charge in [-0.25, -0.2) is 4.79 Å². The van der Waals surface area contributed by atoms with E-state index in [0.29, 0.717) is 22.9 Å². The second-order valence-electron chi connectivity index (χ2n) is 7.52. The zero-order chi connectivity index (χ0) is 24.1. The first-order valence-electron chi connectivity index (χ1n) is 10.4. The van der Waals surface area contributed by atoms with E-state index in [1.807, 2.05) is 49.6 Å². The molecule has 0 fully saturated rings. The van der Waals surface area contributed by atoms with Crippen LogP contribution in [0.5, 0.6) is 0 Å². The summed E-state index contributed by atoms with van der Waals surface area (Å²) in [5.74, 6) is -0.864. The Balaban J connectivity index is 1.88. The smallest absolute Gasteiger partial charge is 0.338 e. The molecule has 1 N–H and O–H groups in total. The van der Waals surface area contributed by atoms with Gasteiger partial charge in [-0.3, -0.25) is 4.79 Å². The number of nitrogens with one attached hydrogen (secondary N) is 1. The molecular weight excluding hydrogens is 438 g/mol. The van der Waals surface area contributed by atoms with Crippen LogP contribution in [-0.2, 0) is 9.53 Å². The lowest BCUT2D eigenvalue weighted by Crippen LogP contribution is -2.13. The average Bonchev–Trinajstić information content (AvgIpc) is 3.07. The molecule has 0 aliphatic carbocycles. The maximum Gasteiger partial charge on any atom is 0.338 e. The summed E-state index contributed by atoms with van der Waals surface area (Å²) in [5, 5.41) is 12.9. The number of nitrogens with zero attached hydrogens (tertiary/aromatic N) is 2. The van der Waals surface area contributed by atoms with Crippen molar-refractivity contribution >= 4 is 35.2 Å². The molecule has 0 saturated heterocycles. The lowest BCUT2D eigenvalue weighted by molar-refractivity contribution is -0.112. The van der Waals surface area contributed by atoms with Crippen molar-refractivity contribution in [2.24, 2.45) is 0 Å². The van der Waals surface area contributed by atoms with Gasteiger partial charge in [-0.2, -0.15) is 5.26 Å². The Kier molecular flexibility index (Phi) is 7.37. The Hall–Kier alpha value is -3.82. The van der Waals surface area contributed by atoms with Crippen molar-refractivity contribution in [2.45, 2.75) is 27.7 Å². The van der Waals surface area contributed by atoms with Crippen LogP contribution in [0.25, 0.3) is 11.8 Å². The molecule has 168 valence electrons. The second kappa shape index (κ2) is 10.2. The van der Waals surface area contributed by atoms with E-state index in [9.17, 15) is 14.9 Å². The summed E-state index contributed by atoms with van der Waals surface area (Å²) in [7, 11) is 0. The number of aromatic nitrogens is 1. The summed E-state index contributed by atoms with van der Waals surface area (Å²) in [6.45, 7) is 7.77. The van der Waals surface area contributed by atoms with Gasteiger partial charge in [0.1, 0.15) is 11.6 Å². The summed E-state index contributed by atoms with van der Waals surface area (Å²) in [6, 6.07) is 16.1. The second-order valence-corrected chi connectivity index (χ2v) is 7.92. The van der Waals surface area contributed by atoms with E-state index in [0.717, 1.165) is 28.2 Å². The van der Waals surface area contributed by atoms with E-state index >= 15 is 0 Å². The molecule has 1 heterocycles. The Morgan fingerprint density at radius 3 is 2.42 bits per heavy atom. The third kappa shape index (κ3) is 5.33. The number of esters is 1. The van der Waals surface area contributed by atoms with Crippen LogP contribution in [-0.4, -0.2) is 23.1 Å². The first kappa shape index (κ1) is 23.8. The van der Waals surface area contributed by atoms with Crippen molar-refractivity contribution in [1.29, 1.82) is 5.26 Å². The Labute approximate surface area is 198 Å². The standard InChI is InChI=1S/C26H24ClN3O3/c1-5-33-26(32)19-6-9-23(10-7-19)30-17(3)13-20(18(30)4)14-21(15-28)25(31)29-22-8-11-24(27)16(2)12-22/h6-14H,5H2,1-4H3,(H,29,31)/b21-14+. The number of hydrogen-bond donors (Lipinski definition) is 1. The lowest BCUT2D eigenvalue weighted by Gasteiger charge is -2.10. The molecule has 0 atom stereocenters. The number of anilines is 1. The molecule has 1 aromatic heterocycles. The fourth-order valence-electron chi connectivity index (χ4n) is 3.52. The van der Waals surface area contributed by atoms with Gasteiger partial charge in [-0.1, -0.05) is 11.6 Å². The van der Waals surface area contributed by atoms with E-state index in [-0.39, 0.29) is 11.5 Å². The number of hydrogen-bond acceptors (Lipinski definition) is 4. The molecule has 1 amide bonds. The van der Waals surface area contributed by atoms with E-state index in [1.165, 1.54) is 0 Å². The number of carbonyl (C=O) groups excluding carboxylic acids is 2. The molecule has 0 saturated carbocycles. The summed E-state index contributed by atoms with van der Waals surface area (Å²) >= 11 is 6.04. The molecule has 33 heavy (non-hydrogen) atoms. The molecule has 0 spiro atoms. The molecule has 0 unspecified atom stereocenters. The van der Waals surface area contributed by atoms with Gasteiger partial charge in [0, 0.05) is 27.8 Å². The minimum absolute atomic E-state index is 0.0134. The normalized spacial score (nSPS) is 11.1. The third-order valence-electron chi connectivity index (χ3n) is 5.19. The monoisotopic (exact) mass is 461 g/mol. The Bertz CT molecular complexity index is 1280. The molecule has 0 aliphatic rings. The number of nitriles is 1. The minimum Gasteiger partial charge on any atom is -0.462 e. The van der Waals surface area contributed by atoms with Gasteiger partial charge in [0.05, 0.1) is 12.2 Å². The molecule has 0 aliphatic heterocycles. The minimum atomic E-state index is -0.497. The lowest BCUT2D eigenvalue weighted by atomic mass is 10.1. The molecule has 2 aromatic carbocycles. The van der Waals surface area contributed by atoms with Gasteiger partial charge in [-0.05, 0) is 93.4 Å². The van der Waals surface area contributed by atoms with Gasteiger partial charge in [-0.15, -0.1) is 0 Å². The number of halogens is 1. The van der Waals surface area contributed by atoms with Crippen molar-refractivity contribution < 1.29 is 14.3 Å². The highest BCUT2D eigenvalue weighted by Gasteiger charge is 2.15. The number of rotatable bonds is 6. The summed E-state index contributed by atoms with van der Waals surface area (Å²) in [6.07, 6.45) is 1.57. The zero-order valence-electron chi connectivity index (χ0n) is 18.9. The van der Waals surface area contributed by atoms with Gasteiger partial charge in [0.15, 0.2) is 0 Å². The largest absolute Gasteiger partial charge is 0.462 e.